The smallest absolute Gasteiger partial charge is 0.306 e. The highest BCUT2D eigenvalue weighted by atomic mass is 127. The molecule has 19 heavy (non-hydrogen) atoms. The van der Waals surface area contributed by atoms with E-state index in [0.717, 1.165) is 9.26 Å². The van der Waals surface area contributed by atoms with Crippen molar-refractivity contribution >= 4 is 51.9 Å². The third-order valence-electron chi connectivity index (χ3n) is 2.33. The van der Waals surface area contributed by atoms with Crippen LogP contribution >= 0.6 is 34.4 Å². The first-order valence-electron chi connectivity index (χ1n) is 5.75. The van der Waals surface area contributed by atoms with E-state index in [2.05, 4.69) is 32.6 Å². The van der Waals surface area contributed by atoms with Crippen molar-refractivity contribution in [3.05, 3.63) is 27.8 Å². The molecule has 0 spiro atoms. The van der Waals surface area contributed by atoms with Gasteiger partial charge in [-0.05, 0) is 34.7 Å². The number of para-hydroxylation sites is 1. The Bertz CT molecular complexity index is 453. The first-order chi connectivity index (χ1) is 9.02. The molecule has 0 aliphatic rings. The lowest BCUT2D eigenvalue weighted by atomic mass is 10.3. The molecule has 104 valence electrons. The molecule has 1 aromatic rings. The second-order valence-electron chi connectivity index (χ2n) is 3.93. The summed E-state index contributed by atoms with van der Waals surface area (Å²) in [7, 11) is 1.36. The Morgan fingerprint density at radius 3 is 2.74 bits per heavy atom. The lowest BCUT2D eigenvalue weighted by Crippen LogP contribution is -2.17. The molecule has 4 nitrogen and oxygen atoms in total. The van der Waals surface area contributed by atoms with Gasteiger partial charge >= 0.3 is 5.97 Å². The number of thioether (sulfide) groups is 1. The van der Waals surface area contributed by atoms with E-state index >= 15 is 0 Å². The van der Waals surface area contributed by atoms with Crippen LogP contribution in [-0.2, 0) is 14.3 Å². The summed E-state index contributed by atoms with van der Waals surface area (Å²) in [6.45, 7) is 1.90. The lowest BCUT2D eigenvalue weighted by molar-refractivity contribution is -0.140. The summed E-state index contributed by atoms with van der Waals surface area (Å²) >= 11 is 3.61. The minimum absolute atomic E-state index is 0.0630. The first-order valence-corrected chi connectivity index (χ1v) is 7.88. The summed E-state index contributed by atoms with van der Waals surface area (Å²) in [5, 5.41) is 2.91. The maximum atomic E-state index is 11.8. The Labute approximate surface area is 130 Å². The Balaban J connectivity index is 2.36. The molecule has 0 radical (unpaired) electrons. The van der Waals surface area contributed by atoms with Gasteiger partial charge in [-0.25, -0.2) is 0 Å². The molecule has 1 unspecified atom stereocenters. The number of nitrogens with one attached hydrogen (secondary N) is 1. The van der Waals surface area contributed by atoms with Crippen LogP contribution in [-0.4, -0.2) is 30.0 Å². The predicted octanol–water partition coefficient (Wildman–Crippen LogP) is 2.91. The second kappa shape index (κ2) is 8.42. The summed E-state index contributed by atoms with van der Waals surface area (Å²) in [6.07, 6.45) is 0.317. The van der Waals surface area contributed by atoms with Crippen LogP contribution in [0, 0.1) is 3.57 Å². The van der Waals surface area contributed by atoms with E-state index in [4.69, 9.17) is 0 Å². The fourth-order valence-electron chi connectivity index (χ4n) is 1.34. The van der Waals surface area contributed by atoms with E-state index in [1.165, 1.54) is 18.9 Å². The van der Waals surface area contributed by atoms with Crippen LogP contribution in [0.3, 0.4) is 0 Å². The molecule has 0 bridgehead atoms. The molecule has 1 N–H and O–H groups in total. The van der Waals surface area contributed by atoms with Gasteiger partial charge in [-0.15, -0.1) is 11.8 Å². The van der Waals surface area contributed by atoms with E-state index in [-0.39, 0.29) is 17.1 Å². The van der Waals surface area contributed by atoms with Crippen LogP contribution in [0.15, 0.2) is 24.3 Å². The number of ether oxygens (including phenoxy) is 1. The predicted molar refractivity (Wildman–Crippen MR) is 86.3 cm³/mol. The minimum atomic E-state index is -0.252. The molecule has 1 atom stereocenters. The number of carbonyl (C=O) groups excluding carboxylic acids is 2. The van der Waals surface area contributed by atoms with Crippen LogP contribution in [0.1, 0.15) is 13.3 Å². The topological polar surface area (TPSA) is 55.4 Å². The molecule has 0 heterocycles. The molecule has 0 aliphatic carbocycles. The average Bonchev–Trinajstić information content (AvgIpc) is 2.39. The molecular weight excluding hydrogens is 377 g/mol. The average molecular weight is 393 g/mol. The monoisotopic (exact) mass is 393 g/mol. The van der Waals surface area contributed by atoms with Crippen molar-refractivity contribution in [3.63, 3.8) is 0 Å². The van der Waals surface area contributed by atoms with Crippen LogP contribution in [0.25, 0.3) is 0 Å². The number of hydrogen-bond donors (Lipinski definition) is 1. The van der Waals surface area contributed by atoms with Crippen LogP contribution in [0.2, 0.25) is 0 Å². The Kier molecular flexibility index (Phi) is 7.22. The summed E-state index contributed by atoms with van der Waals surface area (Å²) in [5.41, 5.74) is 0.814. The van der Waals surface area contributed by atoms with Crippen molar-refractivity contribution in [1.29, 1.82) is 0 Å². The third kappa shape index (κ3) is 6.29. The molecule has 0 aromatic heterocycles. The van der Waals surface area contributed by atoms with Gasteiger partial charge in [0, 0.05) is 8.82 Å². The number of benzene rings is 1. The maximum absolute atomic E-state index is 11.8. The number of rotatable bonds is 6. The number of amides is 1. The molecule has 1 aromatic carbocycles. The van der Waals surface area contributed by atoms with E-state index in [1.807, 2.05) is 31.2 Å². The van der Waals surface area contributed by atoms with Gasteiger partial charge in [0.2, 0.25) is 5.91 Å². The first kappa shape index (κ1) is 16.3. The molecule has 1 rings (SSSR count). The van der Waals surface area contributed by atoms with Crippen molar-refractivity contribution in [3.8, 4) is 0 Å². The molecule has 0 saturated carbocycles. The molecule has 6 heteroatoms. The number of anilines is 1. The van der Waals surface area contributed by atoms with E-state index in [0.29, 0.717) is 12.2 Å². The van der Waals surface area contributed by atoms with Gasteiger partial charge in [-0.1, -0.05) is 19.1 Å². The number of hydrogen-bond acceptors (Lipinski definition) is 4. The Hall–Kier alpha value is -0.760. The number of halogens is 1. The van der Waals surface area contributed by atoms with Gasteiger partial charge in [-0.2, -0.15) is 0 Å². The van der Waals surface area contributed by atoms with E-state index < -0.39 is 0 Å². The molecule has 1 amide bonds. The van der Waals surface area contributed by atoms with Gasteiger partial charge in [-0.3, -0.25) is 9.59 Å². The quantitative estimate of drug-likeness (QED) is 0.597. The number of esters is 1. The van der Waals surface area contributed by atoms with Crippen molar-refractivity contribution < 1.29 is 14.3 Å². The largest absolute Gasteiger partial charge is 0.469 e. The third-order valence-corrected chi connectivity index (χ3v) is 4.43. The fraction of sp³-hybridized carbons (Fsp3) is 0.385. The van der Waals surface area contributed by atoms with Crippen molar-refractivity contribution in [1.82, 2.24) is 0 Å². The van der Waals surface area contributed by atoms with Gasteiger partial charge in [0.05, 0.1) is 25.0 Å². The van der Waals surface area contributed by atoms with Gasteiger partial charge in [0.1, 0.15) is 0 Å². The van der Waals surface area contributed by atoms with Crippen molar-refractivity contribution in [2.75, 3.05) is 18.2 Å². The summed E-state index contributed by atoms with van der Waals surface area (Å²) < 4.78 is 5.59. The SMILES string of the molecule is COC(=O)CC(C)SCC(=O)Nc1ccccc1I. The van der Waals surface area contributed by atoms with Crippen LogP contribution in [0.4, 0.5) is 5.69 Å². The zero-order valence-electron chi connectivity index (χ0n) is 10.8. The zero-order chi connectivity index (χ0) is 14.3. The van der Waals surface area contributed by atoms with E-state index in [9.17, 15) is 9.59 Å². The lowest BCUT2D eigenvalue weighted by Gasteiger charge is -2.10. The molecule has 0 saturated heterocycles. The summed E-state index contributed by atoms with van der Waals surface area (Å²) in [6, 6.07) is 7.60. The molecule has 0 aliphatic heterocycles. The highest BCUT2D eigenvalue weighted by Gasteiger charge is 2.12. The van der Waals surface area contributed by atoms with Crippen LogP contribution in [0.5, 0.6) is 0 Å². The number of carbonyl (C=O) groups is 2. The van der Waals surface area contributed by atoms with Crippen LogP contribution < -0.4 is 5.32 Å². The van der Waals surface area contributed by atoms with Gasteiger partial charge in [0.25, 0.3) is 0 Å². The number of methoxy groups -OCH3 is 1. The Morgan fingerprint density at radius 2 is 2.11 bits per heavy atom. The normalized spacial score (nSPS) is 11.7. The van der Waals surface area contributed by atoms with Gasteiger partial charge in [0.15, 0.2) is 0 Å². The second-order valence-corrected chi connectivity index (χ2v) is 6.52. The highest BCUT2D eigenvalue weighted by molar-refractivity contribution is 14.1. The maximum Gasteiger partial charge on any atom is 0.306 e. The standard InChI is InChI=1S/C13H16INO3S/c1-9(7-13(17)18-2)19-8-12(16)15-11-6-4-3-5-10(11)14/h3-6,9H,7-8H2,1-2H3,(H,15,16). The van der Waals surface area contributed by atoms with Crippen molar-refractivity contribution in [2.45, 2.75) is 18.6 Å². The fourth-order valence-corrected chi connectivity index (χ4v) is 2.63. The van der Waals surface area contributed by atoms with E-state index in [1.54, 1.807) is 0 Å². The molecule has 0 fully saturated rings. The minimum Gasteiger partial charge on any atom is -0.469 e. The molecular formula is C13H16INO3S. The van der Waals surface area contributed by atoms with Gasteiger partial charge < -0.3 is 10.1 Å². The Morgan fingerprint density at radius 1 is 1.42 bits per heavy atom. The summed E-state index contributed by atoms with van der Waals surface area (Å²) in [4.78, 5) is 22.8. The highest BCUT2D eigenvalue weighted by Crippen LogP contribution is 2.19. The zero-order valence-corrected chi connectivity index (χ0v) is 13.8. The summed E-state index contributed by atoms with van der Waals surface area (Å²) in [5.74, 6) is 0.00667. The van der Waals surface area contributed by atoms with Crippen molar-refractivity contribution in [2.24, 2.45) is 0 Å².